The van der Waals surface area contributed by atoms with Gasteiger partial charge in [-0.1, -0.05) is 23.7 Å². The van der Waals surface area contributed by atoms with Gasteiger partial charge in [0.05, 0.1) is 17.5 Å². The highest BCUT2D eigenvalue weighted by Gasteiger charge is 2.24. The van der Waals surface area contributed by atoms with Crippen molar-refractivity contribution in [3.8, 4) is 0 Å². The second-order valence-electron chi connectivity index (χ2n) is 6.51. The Balaban J connectivity index is 1.93. The predicted octanol–water partition coefficient (Wildman–Crippen LogP) is 3.53. The molecule has 2 heterocycles. The zero-order valence-corrected chi connectivity index (χ0v) is 15.9. The van der Waals surface area contributed by atoms with Crippen LogP contribution in [0.1, 0.15) is 47.5 Å². The lowest BCUT2D eigenvalue weighted by Crippen LogP contribution is -2.34. The summed E-state index contributed by atoms with van der Waals surface area (Å²) in [5.41, 5.74) is 1.93. The number of carboxylic acid groups (broad SMARTS) is 1. The second kappa shape index (κ2) is 7.36. The third-order valence-electron chi connectivity index (χ3n) is 4.22. The molecule has 0 aliphatic heterocycles. The van der Waals surface area contributed by atoms with Crippen molar-refractivity contribution in [3.05, 3.63) is 58.4 Å². The van der Waals surface area contributed by atoms with E-state index in [2.05, 4.69) is 15.4 Å². The van der Waals surface area contributed by atoms with Crippen molar-refractivity contribution in [2.75, 3.05) is 0 Å². The molecule has 2 N–H and O–H groups in total. The van der Waals surface area contributed by atoms with Crippen LogP contribution < -0.4 is 5.32 Å². The first-order valence-corrected chi connectivity index (χ1v) is 8.79. The molecule has 0 fully saturated rings. The van der Waals surface area contributed by atoms with Crippen molar-refractivity contribution >= 4 is 34.5 Å². The summed E-state index contributed by atoms with van der Waals surface area (Å²) in [5.74, 6) is -1.67. The highest BCUT2D eigenvalue weighted by Crippen LogP contribution is 2.21. The van der Waals surface area contributed by atoms with Gasteiger partial charge in [0.25, 0.3) is 5.91 Å². The number of carbonyl (C=O) groups excluding carboxylic acids is 1. The largest absolute Gasteiger partial charge is 0.479 e. The number of halogens is 1. The molecular formula is C19H19ClN4O3. The van der Waals surface area contributed by atoms with Gasteiger partial charge in [-0.25, -0.2) is 14.5 Å². The summed E-state index contributed by atoms with van der Waals surface area (Å²) >= 11 is 5.85. The summed E-state index contributed by atoms with van der Waals surface area (Å²) in [6.45, 7) is 5.70. The van der Waals surface area contributed by atoms with Crippen LogP contribution in [0.25, 0.3) is 11.0 Å². The van der Waals surface area contributed by atoms with Crippen molar-refractivity contribution < 1.29 is 14.7 Å². The van der Waals surface area contributed by atoms with E-state index in [1.807, 2.05) is 13.8 Å². The Morgan fingerprint density at radius 2 is 1.89 bits per heavy atom. The van der Waals surface area contributed by atoms with Gasteiger partial charge in [-0.05, 0) is 44.5 Å². The van der Waals surface area contributed by atoms with Gasteiger partial charge in [-0.2, -0.15) is 5.10 Å². The molecule has 0 aliphatic rings. The molecule has 3 aromatic rings. The molecule has 2 aromatic heterocycles. The number of fused-ring (bicyclic) bond motifs is 1. The Morgan fingerprint density at radius 1 is 1.22 bits per heavy atom. The normalized spacial score (nSPS) is 12.3. The number of hydrogen-bond acceptors (Lipinski definition) is 4. The first-order valence-electron chi connectivity index (χ1n) is 8.42. The van der Waals surface area contributed by atoms with Crippen LogP contribution in [0.15, 0.2) is 36.5 Å². The number of rotatable bonds is 5. The maximum Gasteiger partial charge on any atom is 0.330 e. The van der Waals surface area contributed by atoms with Crippen molar-refractivity contribution in [1.82, 2.24) is 20.1 Å². The zero-order valence-electron chi connectivity index (χ0n) is 15.1. The number of hydrogen-bond donors (Lipinski definition) is 2. The Labute approximate surface area is 161 Å². The highest BCUT2D eigenvalue weighted by atomic mass is 35.5. The van der Waals surface area contributed by atoms with Gasteiger partial charge in [0.1, 0.15) is 0 Å². The molecule has 0 saturated carbocycles. The number of nitrogens with zero attached hydrogens (tertiary/aromatic N) is 3. The van der Waals surface area contributed by atoms with E-state index in [1.54, 1.807) is 48.1 Å². The molecule has 7 nitrogen and oxygen atoms in total. The Bertz CT molecular complexity index is 1010. The number of amides is 1. The van der Waals surface area contributed by atoms with Crippen molar-refractivity contribution in [2.24, 2.45) is 0 Å². The summed E-state index contributed by atoms with van der Waals surface area (Å²) in [7, 11) is 0. The Hall–Kier alpha value is -2.93. The Morgan fingerprint density at radius 3 is 2.48 bits per heavy atom. The highest BCUT2D eigenvalue weighted by molar-refractivity contribution is 6.30. The van der Waals surface area contributed by atoms with Gasteiger partial charge in [0, 0.05) is 16.5 Å². The minimum atomic E-state index is -1.19. The maximum absolute atomic E-state index is 12.7. The number of aromatic nitrogens is 3. The van der Waals surface area contributed by atoms with Crippen LogP contribution in [-0.4, -0.2) is 31.7 Å². The molecule has 3 rings (SSSR count). The minimum Gasteiger partial charge on any atom is -0.479 e. The van der Waals surface area contributed by atoms with Gasteiger partial charge < -0.3 is 10.4 Å². The number of aliphatic carboxylic acids is 1. The van der Waals surface area contributed by atoms with Crippen LogP contribution in [0.5, 0.6) is 0 Å². The topological polar surface area (TPSA) is 97.1 Å². The summed E-state index contributed by atoms with van der Waals surface area (Å²) in [6, 6.07) is 6.93. The first-order chi connectivity index (χ1) is 12.8. The smallest absolute Gasteiger partial charge is 0.330 e. The average molecular weight is 387 g/mol. The molecule has 27 heavy (non-hydrogen) atoms. The fourth-order valence-corrected chi connectivity index (χ4v) is 2.95. The number of carboxylic acids is 1. The number of benzene rings is 1. The molecular weight excluding hydrogens is 368 g/mol. The van der Waals surface area contributed by atoms with Gasteiger partial charge >= 0.3 is 5.97 Å². The lowest BCUT2D eigenvalue weighted by Gasteiger charge is -2.16. The van der Waals surface area contributed by atoms with Crippen molar-refractivity contribution in [3.63, 3.8) is 0 Å². The number of carbonyl (C=O) groups is 2. The SMILES string of the molecule is Cc1nc2c(cnn2C(C)C)cc1C(=O)NC(C(=O)O)c1ccc(Cl)cc1. The van der Waals surface area contributed by atoms with Crippen LogP contribution in [0.2, 0.25) is 5.02 Å². The van der Waals surface area contributed by atoms with E-state index >= 15 is 0 Å². The molecule has 1 unspecified atom stereocenters. The van der Waals surface area contributed by atoms with E-state index in [-0.39, 0.29) is 6.04 Å². The molecule has 0 bridgehead atoms. The Kier molecular flexibility index (Phi) is 5.14. The number of aryl methyl sites for hydroxylation is 1. The summed E-state index contributed by atoms with van der Waals surface area (Å²) in [5, 5.41) is 17.6. The molecule has 1 atom stereocenters. The van der Waals surface area contributed by atoms with Gasteiger partial charge in [-0.3, -0.25) is 4.79 Å². The summed E-state index contributed by atoms with van der Waals surface area (Å²) in [4.78, 5) is 28.9. The molecule has 0 saturated heterocycles. The lowest BCUT2D eigenvalue weighted by atomic mass is 10.1. The van der Waals surface area contributed by atoms with Crippen LogP contribution in [0, 0.1) is 6.92 Å². The zero-order chi connectivity index (χ0) is 19.7. The molecule has 1 aromatic carbocycles. The quantitative estimate of drug-likeness (QED) is 0.699. The van der Waals surface area contributed by atoms with Crippen LogP contribution in [0.3, 0.4) is 0 Å². The van der Waals surface area contributed by atoms with Crippen LogP contribution >= 0.6 is 11.6 Å². The van der Waals surface area contributed by atoms with Crippen molar-refractivity contribution in [1.29, 1.82) is 0 Å². The number of nitrogens with one attached hydrogen (secondary N) is 1. The predicted molar refractivity (Wildman–Crippen MR) is 102 cm³/mol. The van der Waals surface area contributed by atoms with Gasteiger partial charge in [0.2, 0.25) is 0 Å². The molecule has 140 valence electrons. The third kappa shape index (κ3) is 3.78. The molecule has 0 spiro atoms. The summed E-state index contributed by atoms with van der Waals surface area (Å²) in [6.07, 6.45) is 1.65. The molecule has 8 heteroatoms. The third-order valence-corrected chi connectivity index (χ3v) is 4.47. The van der Waals surface area contributed by atoms with E-state index in [0.29, 0.717) is 27.5 Å². The molecule has 0 aliphatic carbocycles. The molecule has 1 amide bonds. The fourth-order valence-electron chi connectivity index (χ4n) is 2.83. The standard InChI is InChI=1S/C19H19ClN4O3/c1-10(2)24-17-13(9-21-24)8-15(11(3)22-17)18(25)23-16(19(26)27)12-4-6-14(20)7-5-12/h4-10,16H,1-3H3,(H,23,25)(H,26,27). The van der Waals surface area contributed by atoms with Crippen LogP contribution in [0.4, 0.5) is 0 Å². The van der Waals surface area contributed by atoms with Crippen LogP contribution in [-0.2, 0) is 4.79 Å². The average Bonchev–Trinajstić information content (AvgIpc) is 3.02. The second-order valence-corrected chi connectivity index (χ2v) is 6.95. The minimum absolute atomic E-state index is 0.135. The van der Waals surface area contributed by atoms with E-state index < -0.39 is 17.9 Å². The number of pyridine rings is 1. The van der Waals surface area contributed by atoms with E-state index in [4.69, 9.17) is 11.6 Å². The fraction of sp³-hybridized carbons (Fsp3) is 0.263. The first kappa shape index (κ1) is 18.8. The lowest BCUT2D eigenvalue weighted by molar-refractivity contribution is -0.139. The van der Waals surface area contributed by atoms with E-state index in [0.717, 1.165) is 5.39 Å². The van der Waals surface area contributed by atoms with E-state index in [9.17, 15) is 14.7 Å². The van der Waals surface area contributed by atoms with E-state index in [1.165, 1.54) is 0 Å². The van der Waals surface area contributed by atoms with Gasteiger partial charge in [0.15, 0.2) is 11.7 Å². The molecule has 0 radical (unpaired) electrons. The summed E-state index contributed by atoms with van der Waals surface area (Å²) < 4.78 is 1.78. The maximum atomic E-state index is 12.7. The van der Waals surface area contributed by atoms with Crippen molar-refractivity contribution in [2.45, 2.75) is 32.9 Å². The monoisotopic (exact) mass is 386 g/mol. The van der Waals surface area contributed by atoms with Gasteiger partial charge in [-0.15, -0.1) is 0 Å².